The van der Waals surface area contributed by atoms with Crippen LogP contribution in [0.2, 0.25) is 0 Å². The Morgan fingerprint density at radius 1 is 1.10 bits per heavy atom. The molecule has 1 atom stereocenters. The number of hydrogen-bond donors (Lipinski definition) is 0. The van der Waals surface area contributed by atoms with Gasteiger partial charge in [0.1, 0.15) is 6.67 Å². The zero-order valence-corrected chi connectivity index (χ0v) is 23.4. The van der Waals surface area contributed by atoms with Crippen LogP contribution in [0.3, 0.4) is 0 Å². The third-order valence-corrected chi connectivity index (χ3v) is 8.75. The number of benzene rings is 2. The Kier molecular flexibility index (Phi) is 7.25. The van der Waals surface area contributed by atoms with Crippen molar-refractivity contribution in [1.29, 1.82) is 0 Å². The SMILES string of the molecule is CC(=O)N1Cc2cc(C3CCN(CCF)C(=O)C3)cc(N3CCCc4cc(-c5cnn(C)c5)c(C(F)F)cc43)c2C1. The van der Waals surface area contributed by atoms with Crippen molar-refractivity contribution < 1.29 is 22.8 Å². The molecule has 1 unspecified atom stereocenters. The summed E-state index contributed by atoms with van der Waals surface area (Å²) in [5.74, 6) is -0.106. The van der Waals surface area contributed by atoms with Gasteiger partial charge in [-0.2, -0.15) is 5.10 Å². The van der Waals surface area contributed by atoms with Gasteiger partial charge in [-0.05, 0) is 65.6 Å². The number of fused-ring (bicyclic) bond motifs is 2. The molecule has 0 saturated carbocycles. The number of hydrogen-bond acceptors (Lipinski definition) is 4. The van der Waals surface area contributed by atoms with Crippen LogP contribution < -0.4 is 4.90 Å². The lowest BCUT2D eigenvalue weighted by Crippen LogP contribution is -2.39. The predicted molar refractivity (Wildman–Crippen MR) is 150 cm³/mol. The molecule has 41 heavy (non-hydrogen) atoms. The van der Waals surface area contributed by atoms with Crippen LogP contribution in [0.15, 0.2) is 36.7 Å². The topological polar surface area (TPSA) is 61.7 Å². The highest BCUT2D eigenvalue weighted by Crippen LogP contribution is 2.45. The third-order valence-electron chi connectivity index (χ3n) is 8.75. The van der Waals surface area contributed by atoms with Crippen LogP contribution in [-0.4, -0.2) is 57.7 Å². The van der Waals surface area contributed by atoms with Crippen molar-refractivity contribution in [1.82, 2.24) is 19.6 Å². The zero-order chi connectivity index (χ0) is 28.8. The van der Waals surface area contributed by atoms with Crippen molar-refractivity contribution >= 4 is 23.2 Å². The van der Waals surface area contributed by atoms with E-state index in [2.05, 4.69) is 22.1 Å². The summed E-state index contributed by atoms with van der Waals surface area (Å²) in [4.78, 5) is 30.6. The maximum atomic E-state index is 14.5. The molecule has 216 valence electrons. The van der Waals surface area contributed by atoms with E-state index < -0.39 is 13.1 Å². The summed E-state index contributed by atoms with van der Waals surface area (Å²) in [7, 11) is 1.77. The summed E-state index contributed by atoms with van der Waals surface area (Å²) in [6, 6.07) is 7.70. The highest BCUT2D eigenvalue weighted by atomic mass is 19.3. The summed E-state index contributed by atoms with van der Waals surface area (Å²) in [6.07, 6.45) is 3.34. The molecule has 6 rings (SSSR count). The molecule has 3 aliphatic rings. The largest absolute Gasteiger partial charge is 0.341 e. The summed E-state index contributed by atoms with van der Waals surface area (Å²) >= 11 is 0. The van der Waals surface area contributed by atoms with Crippen molar-refractivity contribution in [2.75, 3.05) is 31.2 Å². The Morgan fingerprint density at radius 2 is 1.93 bits per heavy atom. The maximum Gasteiger partial charge on any atom is 0.264 e. The summed E-state index contributed by atoms with van der Waals surface area (Å²) in [6.45, 7) is 3.20. The molecular formula is C31H34F3N5O2. The number of alkyl halides is 3. The van der Waals surface area contributed by atoms with Gasteiger partial charge in [-0.3, -0.25) is 14.3 Å². The average Bonchev–Trinajstić information content (AvgIpc) is 3.59. The molecule has 3 aliphatic heterocycles. The van der Waals surface area contributed by atoms with Crippen LogP contribution in [0.4, 0.5) is 24.5 Å². The fourth-order valence-electron chi connectivity index (χ4n) is 6.61. The normalized spacial score (nSPS) is 18.7. The van der Waals surface area contributed by atoms with E-state index in [0.717, 1.165) is 52.9 Å². The third kappa shape index (κ3) is 5.08. The Bertz CT molecular complexity index is 1500. The van der Waals surface area contributed by atoms with Gasteiger partial charge in [-0.15, -0.1) is 0 Å². The highest BCUT2D eigenvalue weighted by Gasteiger charge is 2.33. The molecule has 0 aliphatic carbocycles. The fourth-order valence-corrected chi connectivity index (χ4v) is 6.61. The summed E-state index contributed by atoms with van der Waals surface area (Å²) < 4.78 is 43.5. The van der Waals surface area contributed by atoms with Gasteiger partial charge in [0, 0.05) is 87.4 Å². The first-order valence-corrected chi connectivity index (χ1v) is 14.2. The Labute approximate surface area is 237 Å². The van der Waals surface area contributed by atoms with Gasteiger partial charge in [0.05, 0.1) is 6.20 Å². The van der Waals surface area contributed by atoms with Crippen LogP contribution in [0.25, 0.3) is 11.1 Å². The summed E-state index contributed by atoms with van der Waals surface area (Å²) in [5.41, 5.74) is 6.84. The molecule has 1 aromatic heterocycles. The number of carbonyl (C=O) groups excluding carboxylic acids is 2. The number of aryl methyl sites for hydroxylation is 2. The minimum absolute atomic E-state index is 0.0245. The maximum absolute atomic E-state index is 14.5. The highest BCUT2D eigenvalue weighted by molar-refractivity contribution is 5.81. The molecule has 0 bridgehead atoms. The smallest absolute Gasteiger partial charge is 0.264 e. The number of anilines is 2. The van der Waals surface area contributed by atoms with E-state index in [1.807, 2.05) is 6.07 Å². The molecule has 0 spiro atoms. The van der Waals surface area contributed by atoms with Gasteiger partial charge in [-0.25, -0.2) is 13.2 Å². The molecule has 4 heterocycles. The quantitative estimate of drug-likeness (QED) is 0.388. The van der Waals surface area contributed by atoms with Crippen molar-refractivity contribution in [2.24, 2.45) is 7.05 Å². The molecule has 1 fully saturated rings. The number of rotatable bonds is 6. The molecular weight excluding hydrogens is 531 g/mol. The number of likely N-dealkylation sites (tertiary alicyclic amines) is 1. The van der Waals surface area contributed by atoms with E-state index >= 15 is 0 Å². The Hall–Kier alpha value is -3.82. The first kappa shape index (κ1) is 27.4. The van der Waals surface area contributed by atoms with Crippen molar-refractivity contribution in [3.63, 3.8) is 0 Å². The fraction of sp³-hybridized carbons (Fsp3) is 0.452. The first-order valence-electron chi connectivity index (χ1n) is 14.2. The molecule has 1 saturated heterocycles. The van der Waals surface area contributed by atoms with Gasteiger partial charge in [-0.1, -0.05) is 6.07 Å². The molecule has 10 heteroatoms. The molecule has 3 aromatic rings. The minimum atomic E-state index is -2.66. The second kappa shape index (κ2) is 10.9. The minimum Gasteiger partial charge on any atom is -0.341 e. The number of amides is 2. The lowest BCUT2D eigenvalue weighted by Gasteiger charge is -2.35. The first-order chi connectivity index (χ1) is 19.7. The van der Waals surface area contributed by atoms with Crippen LogP contribution >= 0.6 is 0 Å². The van der Waals surface area contributed by atoms with Crippen molar-refractivity contribution in [3.05, 3.63) is 64.5 Å². The number of piperidine rings is 1. The van der Waals surface area contributed by atoms with Crippen molar-refractivity contribution in [3.8, 4) is 11.1 Å². The second-order valence-corrected chi connectivity index (χ2v) is 11.3. The van der Waals surface area contributed by atoms with Gasteiger partial charge >= 0.3 is 0 Å². The second-order valence-electron chi connectivity index (χ2n) is 11.3. The predicted octanol–water partition coefficient (Wildman–Crippen LogP) is 5.65. The van der Waals surface area contributed by atoms with Crippen LogP contribution in [-0.2, 0) is 36.1 Å². The number of nitrogens with zero attached hydrogens (tertiary/aromatic N) is 5. The van der Waals surface area contributed by atoms with E-state index in [0.29, 0.717) is 43.7 Å². The molecule has 2 aromatic carbocycles. The van der Waals surface area contributed by atoms with Crippen molar-refractivity contribution in [2.45, 2.75) is 58.0 Å². The molecule has 7 nitrogen and oxygen atoms in total. The number of aromatic nitrogens is 2. The van der Waals surface area contributed by atoms with Crippen LogP contribution in [0.1, 0.15) is 66.3 Å². The van der Waals surface area contributed by atoms with Gasteiger partial charge in [0.15, 0.2) is 0 Å². The standard InChI is InChI=1S/C31H34F3N5O2/c1-19(40)38-17-23-10-22(20-5-8-37(9-6-32)30(41)13-20)12-29(27(23)18-38)39-7-3-4-21-11-25(24-15-35-36(2)16-24)26(31(33)34)14-28(21)39/h10-12,14-16,20,31H,3-9,13,17-18H2,1-2H3. The average molecular weight is 566 g/mol. The van der Waals surface area contributed by atoms with E-state index in [9.17, 15) is 22.8 Å². The Balaban J connectivity index is 1.44. The van der Waals surface area contributed by atoms with E-state index in [4.69, 9.17) is 0 Å². The lowest BCUT2D eigenvalue weighted by molar-refractivity contribution is -0.134. The van der Waals surface area contributed by atoms with Gasteiger partial charge in [0.25, 0.3) is 6.43 Å². The van der Waals surface area contributed by atoms with Gasteiger partial charge < -0.3 is 14.7 Å². The van der Waals surface area contributed by atoms with Gasteiger partial charge in [0.2, 0.25) is 11.8 Å². The monoisotopic (exact) mass is 565 g/mol. The van der Waals surface area contributed by atoms with Crippen LogP contribution in [0.5, 0.6) is 0 Å². The molecule has 0 radical (unpaired) electrons. The summed E-state index contributed by atoms with van der Waals surface area (Å²) in [5, 5.41) is 4.19. The number of halogens is 3. The molecule has 2 amide bonds. The zero-order valence-electron chi connectivity index (χ0n) is 23.4. The lowest BCUT2D eigenvalue weighted by atomic mass is 9.86. The number of carbonyl (C=O) groups is 2. The Morgan fingerprint density at radius 3 is 2.61 bits per heavy atom. The molecule has 0 N–H and O–H groups in total. The van der Waals surface area contributed by atoms with E-state index in [1.54, 1.807) is 46.9 Å². The van der Waals surface area contributed by atoms with E-state index in [1.165, 1.54) is 0 Å². The van der Waals surface area contributed by atoms with E-state index in [-0.39, 0.29) is 29.8 Å². The van der Waals surface area contributed by atoms with Crippen LogP contribution in [0, 0.1) is 0 Å².